The quantitative estimate of drug-likeness (QED) is 0.489. The molecule has 0 unspecified atom stereocenters. The number of furan rings is 1. The first kappa shape index (κ1) is 19.9. The van der Waals surface area contributed by atoms with Crippen molar-refractivity contribution in [3.8, 4) is 0 Å². The summed E-state index contributed by atoms with van der Waals surface area (Å²) in [5.74, 6) is 1.23. The second kappa shape index (κ2) is 8.26. The molecule has 4 aromatic rings. The number of rotatable bonds is 4. The van der Waals surface area contributed by atoms with Gasteiger partial charge in [0.1, 0.15) is 5.76 Å². The van der Waals surface area contributed by atoms with E-state index in [2.05, 4.69) is 19.9 Å². The van der Waals surface area contributed by atoms with Gasteiger partial charge in [0.2, 0.25) is 5.95 Å². The van der Waals surface area contributed by atoms with Gasteiger partial charge in [0.15, 0.2) is 0 Å². The van der Waals surface area contributed by atoms with E-state index in [1.807, 2.05) is 6.07 Å². The topological polar surface area (TPSA) is 97.4 Å². The van der Waals surface area contributed by atoms with Crippen LogP contribution in [0.4, 0.5) is 5.95 Å². The normalized spacial score (nSPS) is 14.2. The highest BCUT2D eigenvalue weighted by Crippen LogP contribution is 2.18. The van der Waals surface area contributed by atoms with Crippen LogP contribution in [0, 0.1) is 6.92 Å². The maximum atomic E-state index is 13.3. The Morgan fingerprint density at radius 1 is 1.09 bits per heavy atom. The van der Waals surface area contributed by atoms with E-state index in [0.717, 1.165) is 0 Å². The number of pyridine rings is 2. The number of aryl methyl sites for hydroxylation is 1. The first-order valence-electron chi connectivity index (χ1n) is 10.4. The third-order valence-corrected chi connectivity index (χ3v) is 5.68. The molecule has 1 saturated heterocycles. The fourth-order valence-electron chi connectivity index (χ4n) is 3.95. The van der Waals surface area contributed by atoms with Gasteiger partial charge in [-0.15, -0.1) is 0 Å². The maximum absolute atomic E-state index is 13.3. The number of fused-ring (bicyclic) bond motifs is 1. The number of anilines is 1. The molecule has 0 atom stereocenters. The average molecular weight is 430 g/mol. The van der Waals surface area contributed by atoms with E-state index in [-0.39, 0.29) is 11.5 Å². The molecule has 5 rings (SSSR count). The third kappa shape index (κ3) is 3.73. The molecule has 162 valence electrons. The van der Waals surface area contributed by atoms with E-state index in [1.54, 1.807) is 65.5 Å². The molecule has 0 N–H and O–H groups in total. The summed E-state index contributed by atoms with van der Waals surface area (Å²) in [5.41, 5.74) is 1.44. The molecule has 0 aromatic carbocycles. The van der Waals surface area contributed by atoms with Crippen molar-refractivity contribution in [3.63, 3.8) is 0 Å². The molecule has 32 heavy (non-hydrogen) atoms. The second-order valence-electron chi connectivity index (χ2n) is 7.71. The second-order valence-corrected chi connectivity index (χ2v) is 7.71. The van der Waals surface area contributed by atoms with Crippen molar-refractivity contribution in [2.75, 3.05) is 31.1 Å². The Kier molecular flexibility index (Phi) is 5.14. The Hall–Kier alpha value is -4.01. The van der Waals surface area contributed by atoms with Crippen molar-refractivity contribution < 1.29 is 9.21 Å². The van der Waals surface area contributed by atoms with Crippen LogP contribution in [0.2, 0.25) is 0 Å². The summed E-state index contributed by atoms with van der Waals surface area (Å²) in [6.07, 6.45) is 6.70. The largest absolute Gasteiger partial charge is 0.467 e. The van der Waals surface area contributed by atoms with Gasteiger partial charge in [-0.3, -0.25) is 14.6 Å². The molecule has 0 saturated carbocycles. The lowest BCUT2D eigenvalue weighted by Crippen LogP contribution is -2.49. The molecule has 1 fully saturated rings. The highest BCUT2D eigenvalue weighted by molar-refractivity contribution is 5.98. The van der Waals surface area contributed by atoms with Gasteiger partial charge in [0.05, 0.1) is 35.0 Å². The summed E-state index contributed by atoms with van der Waals surface area (Å²) in [7, 11) is 0. The van der Waals surface area contributed by atoms with Crippen LogP contribution in [-0.4, -0.2) is 56.5 Å². The number of nitrogens with zero attached hydrogens (tertiary/aromatic N) is 6. The Morgan fingerprint density at radius 2 is 1.88 bits per heavy atom. The zero-order valence-corrected chi connectivity index (χ0v) is 17.6. The molecule has 1 aliphatic heterocycles. The number of piperazine rings is 1. The summed E-state index contributed by atoms with van der Waals surface area (Å²) >= 11 is 0. The third-order valence-electron chi connectivity index (χ3n) is 5.68. The van der Waals surface area contributed by atoms with Gasteiger partial charge < -0.3 is 18.8 Å². The molecule has 9 nitrogen and oxygen atoms in total. The van der Waals surface area contributed by atoms with Crippen molar-refractivity contribution in [2.45, 2.75) is 13.5 Å². The van der Waals surface area contributed by atoms with Crippen molar-refractivity contribution in [1.29, 1.82) is 0 Å². The van der Waals surface area contributed by atoms with Crippen LogP contribution >= 0.6 is 0 Å². The molecule has 0 radical (unpaired) electrons. The summed E-state index contributed by atoms with van der Waals surface area (Å²) in [6.45, 7) is 4.51. The minimum Gasteiger partial charge on any atom is -0.467 e. The van der Waals surface area contributed by atoms with Crippen LogP contribution in [0.25, 0.3) is 10.9 Å². The minimum absolute atomic E-state index is 0.119. The molecule has 4 aromatic heterocycles. The van der Waals surface area contributed by atoms with Gasteiger partial charge in [-0.2, -0.15) is 0 Å². The van der Waals surface area contributed by atoms with Gasteiger partial charge in [-0.1, -0.05) is 0 Å². The van der Waals surface area contributed by atoms with Crippen LogP contribution in [0.5, 0.6) is 0 Å². The number of hydrogen-bond donors (Lipinski definition) is 0. The van der Waals surface area contributed by atoms with Crippen molar-refractivity contribution >= 4 is 22.8 Å². The fourth-order valence-corrected chi connectivity index (χ4v) is 3.95. The molecule has 1 aliphatic rings. The predicted molar refractivity (Wildman–Crippen MR) is 119 cm³/mol. The van der Waals surface area contributed by atoms with Crippen LogP contribution in [0.1, 0.15) is 21.8 Å². The van der Waals surface area contributed by atoms with E-state index >= 15 is 0 Å². The predicted octanol–water partition coefficient (Wildman–Crippen LogP) is 2.10. The number of hydrogen-bond acceptors (Lipinski definition) is 7. The number of carbonyl (C=O) groups is 1. The standard InChI is InChI=1S/C23H22N6O3/c1-16-18(21(30)27-9-11-28(12-10-27)23-24-6-3-7-25-23)14-19-20(26-16)5-8-29(22(19)31)15-17-4-2-13-32-17/h2-8,13-14H,9-12,15H2,1H3. The minimum atomic E-state index is -0.202. The molecule has 1 amide bonds. The lowest BCUT2D eigenvalue weighted by Gasteiger charge is -2.34. The monoisotopic (exact) mass is 430 g/mol. The molecular weight excluding hydrogens is 408 g/mol. The zero-order chi connectivity index (χ0) is 22.1. The molecule has 0 aliphatic carbocycles. The highest BCUT2D eigenvalue weighted by atomic mass is 16.3. The molecule has 9 heteroatoms. The first-order chi connectivity index (χ1) is 15.6. The van der Waals surface area contributed by atoms with E-state index < -0.39 is 0 Å². The zero-order valence-electron chi connectivity index (χ0n) is 17.6. The number of amides is 1. The lowest BCUT2D eigenvalue weighted by atomic mass is 10.1. The van der Waals surface area contributed by atoms with Gasteiger partial charge in [-0.25, -0.2) is 9.97 Å². The fraction of sp³-hybridized carbons (Fsp3) is 0.261. The van der Waals surface area contributed by atoms with Gasteiger partial charge in [-0.05, 0) is 37.3 Å². The Morgan fingerprint density at radius 3 is 2.59 bits per heavy atom. The number of aromatic nitrogens is 4. The van der Waals surface area contributed by atoms with E-state index in [4.69, 9.17) is 4.42 Å². The maximum Gasteiger partial charge on any atom is 0.260 e. The Balaban J connectivity index is 1.39. The van der Waals surface area contributed by atoms with E-state index in [9.17, 15) is 9.59 Å². The summed E-state index contributed by atoms with van der Waals surface area (Å²) in [4.78, 5) is 43.3. The SMILES string of the molecule is Cc1nc2ccn(Cc3ccco3)c(=O)c2cc1C(=O)N1CCN(c2ncccn2)CC1. The molecule has 0 bridgehead atoms. The van der Waals surface area contributed by atoms with Crippen molar-refractivity contribution in [1.82, 2.24) is 24.4 Å². The smallest absolute Gasteiger partial charge is 0.260 e. The van der Waals surface area contributed by atoms with Crippen LogP contribution in [0.3, 0.4) is 0 Å². The summed E-state index contributed by atoms with van der Waals surface area (Å²) in [5, 5.41) is 0.421. The van der Waals surface area contributed by atoms with Crippen molar-refractivity contribution in [2.24, 2.45) is 0 Å². The van der Waals surface area contributed by atoms with Gasteiger partial charge in [0.25, 0.3) is 11.5 Å². The highest BCUT2D eigenvalue weighted by Gasteiger charge is 2.25. The average Bonchev–Trinajstić information content (AvgIpc) is 3.34. The summed E-state index contributed by atoms with van der Waals surface area (Å²) < 4.78 is 6.92. The Labute approximate surface area is 184 Å². The van der Waals surface area contributed by atoms with Crippen LogP contribution < -0.4 is 10.5 Å². The van der Waals surface area contributed by atoms with Crippen molar-refractivity contribution in [3.05, 3.63) is 82.6 Å². The molecule has 0 spiro atoms. The number of carbonyl (C=O) groups excluding carboxylic acids is 1. The summed E-state index contributed by atoms with van der Waals surface area (Å²) in [6, 6.07) is 8.85. The van der Waals surface area contributed by atoms with Gasteiger partial charge >= 0.3 is 0 Å². The molecular formula is C23H22N6O3. The van der Waals surface area contributed by atoms with Crippen LogP contribution in [0.15, 0.2) is 64.4 Å². The van der Waals surface area contributed by atoms with Crippen LogP contribution in [-0.2, 0) is 6.54 Å². The van der Waals surface area contributed by atoms with E-state index in [1.165, 1.54) is 0 Å². The van der Waals surface area contributed by atoms with Gasteiger partial charge in [0, 0.05) is 44.8 Å². The Bertz CT molecular complexity index is 1310. The molecule has 5 heterocycles. The lowest BCUT2D eigenvalue weighted by molar-refractivity contribution is 0.0745. The first-order valence-corrected chi connectivity index (χ1v) is 10.4. The van der Waals surface area contributed by atoms with E-state index in [0.29, 0.717) is 66.6 Å².